The van der Waals surface area contributed by atoms with Crippen molar-refractivity contribution < 1.29 is 13.9 Å². The molecule has 2 amide bonds. The molecule has 5 nitrogen and oxygen atoms in total. The first-order chi connectivity index (χ1) is 13.6. The zero-order valence-corrected chi connectivity index (χ0v) is 16.1. The molecule has 1 aromatic heterocycles. The second-order valence-electron chi connectivity index (χ2n) is 7.77. The quantitative estimate of drug-likeness (QED) is 0.728. The van der Waals surface area contributed by atoms with Crippen molar-refractivity contribution in [2.45, 2.75) is 56.7 Å². The molecule has 0 unspecified atom stereocenters. The predicted octanol–water partition coefficient (Wildman–Crippen LogP) is 5.10. The number of hydrogen-bond donors (Lipinski definition) is 1. The van der Waals surface area contributed by atoms with Gasteiger partial charge < -0.3 is 15.0 Å². The minimum Gasteiger partial charge on any atom is -0.489 e. The highest BCUT2D eigenvalue weighted by molar-refractivity contribution is 6.32. The number of urea groups is 1. The molecule has 146 valence electrons. The van der Waals surface area contributed by atoms with Gasteiger partial charge in [-0.3, -0.25) is 0 Å². The van der Waals surface area contributed by atoms with Crippen LogP contribution < -0.4 is 10.1 Å². The third-order valence-electron chi connectivity index (χ3n) is 6.10. The zero-order chi connectivity index (χ0) is 19.3. The highest BCUT2D eigenvalue weighted by atomic mass is 35.5. The molecule has 2 aliphatic heterocycles. The molecule has 0 radical (unpaired) electrons. The number of benzene rings is 1. The largest absolute Gasteiger partial charge is 0.489 e. The smallest absolute Gasteiger partial charge is 0.322 e. The number of pyridine rings is 1. The van der Waals surface area contributed by atoms with E-state index < -0.39 is 5.95 Å². The first-order valence-electron chi connectivity index (χ1n) is 9.79. The summed E-state index contributed by atoms with van der Waals surface area (Å²) in [4.78, 5) is 18.6. The fraction of sp³-hybridized carbons (Fsp3) is 0.429. The molecule has 5 rings (SSSR count). The van der Waals surface area contributed by atoms with Gasteiger partial charge in [0, 0.05) is 23.5 Å². The fourth-order valence-corrected chi connectivity index (χ4v) is 4.68. The van der Waals surface area contributed by atoms with E-state index in [1.165, 1.54) is 12.6 Å². The number of anilines is 1. The number of carbonyl (C=O) groups excluding carboxylic acids is 1. The predicted molar refractivity (Wildman–Crippen MR) is 104 cm³/mol. The number of nitrogens with one attached hydrogen (secondary N) is 1. The number of halogens is 2. The highest BCUT2D eigenvalue weighted by Gasteiger charge is 2.43. The van der Waals surface area contributed by atoms with Gasteiger partial charge in [0.15, 0.2) is 0 Å². The number of hydrogen-bond acceptors (Lipinski definition) is 3. The van der Waals surface area contributed by atoms with Crippen LogP contribution in [-0.2, 0) is 6.42 Å². The Labute approximate surface area is 167 Å². The SMILES string of the molecule is O=C(Nc1ccc(OC2CCC2)c(Cl)c1)N1[C@H]2CC[C@@H]1c1ccnc(F)c1C2. The lowest BCUT2D eigenvalue weighted by atomic mass is 9.95. The molecule has 2 fully saturated rings. The van der Waals surface area contributed by atoms with Gasteiger partial charge in [0.2, 0.25) is 5.95 Å². The molecule has 1 saturated carbocycles. The van der Waals surface area contributed by atoms with Crippen LogP contribution in [0.15, 0.2) is 30.5 Å². The average Bonchev–Trinajstić information content (AvgIpc) is 2.96. The minimum absolute atomic E-state index is 0.00658. The maximum atomic E-state index is 14.1. The average molecular weight is 402 g/mol. The topological polar surface area (TPSA) is 54.5 Å². The van der Waals surface area contributed by atoms with Crippen molar-refractivity contribution >= 4 is 23.3 Å². The van der Waals surface area contributed by atoms with Crippen molar-refractivity contribution in [1.82, 2.24) is 9.88 Å². The third-order valence-corrected chi connectivity index (χ3v) is 6.40. The normalized spacial score (nSPS) is 23.1. The summed E-state index contributed by atoms with van der Waals surface area (Å²) in [6, 6.07) is 6.86. The van der Waals surface area contributed by atoms with Gasteiger partial charge in [-0.15, -0.1) is 0 Å². The molecule has 1 saturated heterocycles. The van der Waals surface area contributed by atoms with Gasteiger partial charge in [0.1, 0.15) is 5.75 Å². The number of fused-ring (bicyclic) bond motifs is 4. The number of aromatic nitrogens is 1. The lowest BCUT2D eigenvalue weighted by Crippen LogP contribution is -2.44. The molecular weight excluding hydrogens is 381 g/mol. The van der Waals surface area contributed by atoms with Gasteiger partial charge in [-0.25, -0.2) is 9.78 Å². The van der Waals surface area contributed by atoms with E-state index in [2.05, 4.69) is 10.3 Å². The summed E-state index contributed by atoms with van der Waals surface area (Å²) in [6.07, 6.45) is 7.24. The molecule has 2 bridgehead atoms. The van der Waals surface area contributed by atoms with Crippen molar-refractivity contribution in [3.63, 3.8) is 0 Å². The minimum atomic E-state index is -0.414. The molecule has 28 heavy (non-hydrogen) atoms. The Morgan fingerprint density at radius 3 is 2.86 bits per heavy atom. The zero-order valence-electron chi connectivity index (χ0n) is 15.3. The monoisotopic (exact) mass is 401 g/mol. The molecule has 3 aliphatic rings. The van der Waals surface area contributed by atoms with Crippen LogP contribution in [0.2, 0.25) is 5.02 Å². The summed E-state index contributed by atoms with van der Waals surface area (Å²) in [5.41, 5.74) is 2.15. The van der Waals surface area contributed by atoms with Crippen LogP contribution in [-0.4, -0.2) is 28.1 Å². The molecule has 1 aromatic carbocycles. The summed E-state index contributed by atoms with van der Waals surface area (Å²) in [7, 11) is 0. The number of ether oxygens (including phenoxy) is 1. The van der Waals surface area contributed by atoms with Crippen LogP contribution in [0, 0.1) is 5.95 Å². The second-order valence-corrected chi connectivity index (χ2v) is 8.18. The van der Waals surface area contributed by atoms with Crippen LogP contribution in [0.3, 0.4) is 0 Å². The summed E-state index contributed by atoms with van der Waals surface area (Å²) >= 11 is 6.34. The van der Waals surface area contributed by atoms with Gasteiger partial charge in [0.25, 0.3) is 0 Å². The Morgan fingerprint density at radius 1 is 1.25 bits per heavy atom. The van der Waals surface area contributed by atoms with Crippen molar-refractivity contribution in [3.8, 4) is 5.75 Å². The Bertz CT molecular complexity index is 934. The first kappa shape index (κ1) is 17.7. The van der Waals surface area contributed by atoms with Crippen molar-refractivity contribution in [3.05, 3.63) is 52.6 Å². The van der Waals surface area contributed by atoms with Gasteiger partial charge in [-0.05, 0) is 68.4 Å². The molecule has 2 aromatic rings. The van der Waals surface area contributed by atoms with Crippen LogP contribution in [0.1, 0.15) is 49.3 Å². The molecule has 0 spiro atoms. The lowest BCUT2D eigenvalue weighted by molar-refractivity contribution is 0.120. The molecular formula is C21H21ClFN3O2. The molecule has 3 heterocycles. The van der Waals surface area contributed by atoms with E-state index in [9.17, 15) is 9.18 Å². The number of carbonyl (C=O) groups is 1. The maximum Gasteiger partial charge on any atom is 0.322 e. The summed E-state index contributed by atoms with van der Waals surface area (Å²) in [5, 5.41) is 3.44. The molecule has 7 heteroatoms. The molecule has 1 N–H and O–H groups in total. The van der Waals surface area contributed by atoms with E-state index in [0.717, 1.165) is 31.2 Å². The van der Waals surface area contributed by atoms with E-state index in [1.54, 1.807) is 18.2 Å². The van der Waals surface area contributed by atoms with E-state index >= 15 is 0 Å². The van der Waals surface area contributed by atoms with Crippen molar-refractivity contribution in [2.75, 3.05) is 5.32 Å². The second kappa shape index (κ2) is 6.92. The van der Waals surface area contributed by atoms with Crippen LogP contribution in [0.25, 0.3) is 0 Å². The van der Waals surface area contributed by atoms with Gasteiger partial charge in [-0.1, -0.05) is 11.6 Å². The number of rotatable bonds is 3. The fourth-order valence-electron chi connectivity index (χ4n) is 4.46. The van der Waals surface area contributed by atoms with Gasteiger partial charge in [-0.2, -0.15) is 4.39 Å². The van der Waals surface area contributed by atoms with Crippen LogP contribution >= 0.6 is 11.6 Å². The Balaban J connectivity index is 1.33. The van der Waals surface area contributed by atoms with E-state index in [0.29, 0.717) is 28.4 Å². The highest BCUT2D eigenvalue weighted by Crippen LogP contribution is 2.44. The summed E-state index contributed by atoms with van der Waals surface area (Å²) < 4.78 is 19.9. The third kappa shape index (κ3) is 3.00. The standard InChI is InChI=1S/C21H21ClFN3O2/c22-17-10-12(4-7-19(17)28-14-2-1-3-14)25-21(27)26-13-5-6-18(26)15-8-9-24-20(23)16(15)11-13/h4,7-10,13-14,18H,1-3,5-6,11H2,(H,25,27)/t13-,18+/m0/s1. The van der Waals surface area contributed by atoms with E-state index in [-0.39, 0.29) is 24.2 Å². The Kier molecular flexibility index (Phi) is 4.38. The molecule has 2 atom stereocenters. The van der Waals surface area contributed by atoms with Crippen LogP contribution in [0.5, 0.6) is 5.75 Å². The van der Waals surface area contributed by atoms with Gasteiger partial charge >= 0.3 is 6.03 Å². The van der Waals surface area contributed by atoms with Crippen molar-refractivity contribution in [2.24, 2.45) is 0 Å². The summed E-state index contributed by atoms with van der Waals surface area (Å²) in [5.74, 6) is 0.239. The Morgan fingerprint density at radius 2 is 2.11 bits per heavy atom. The number of nitrogens with zero attached hydrogens (tertiary/aromatic N) is 2. The van der Waals surface area contributed by atoms with Crippen LogP contribution in [0.4, 0.5) is 14.9 Å². The Hall–Kier alpha value is -2.34. The van der Waals surface area contributed by atoms with E-state index in [4.69, 9.17) is 16.3 Å². The van der Waals surface area contributed by atoms with Gasteiger partial charge in [0.05, 0.1) is 17.2 Å². The molecule has 1 aliphatic carbocycles. The van der Waals surface area contributed by atoms with Crippen molar-refractivity contribution in [1.29, 1.82) is 0 Å². The number of amides is 2. The maximum absolute atomic E-state index is 14.1. The van der Waals surface area contributed by atoms with E-state index in [1.807, 2.05) is 11.0 Å². The lowest BCUT2D eigenvalue weighted by Gasteiger charge is -2.36. The summed E-state index contributed by atoms with van der Waals surface area (Å²) in [6.45, 7) is 0. The first-order valence-corrected chi connectivity index (χ1v) is 10.2.